The first-order chi connectivity index (χ1) is 14.1. The van der Waals surface area contributed by atoms with E-state index in [1.165, 1.54) is 11.8 Å². The van der Waals surface area contributed by atoms with Gasteiger partial charge >= 0.3 is 0 Å². The molecule has 0 fully saturated rings. The van der Waals surface area contributed by atoms with Gasteiger partial charge in [-0.25, -0.2) is 5.84 Å². The first kappa shape index (κ1) is 20.2. The molecule has 0 saturated carbocycles. The molecule has 29 heavy (non-hydrogen) atoms. The van der Waals surface area contributed by atoms with Gasteiger partial charge in [-0.05, 0) is 29.7 Å². The number of nitrogens with one attached hydrogen (secondary N) is 2. The summed E-state index contributed by atoms with van der Waals surface area (Å²) in [4.78, 5) is 15.3. The monoisotopic (exact) mass is 404 g/mol. The molecule has 1 heterocycles. The summed E-state index contributed by atoms with van der Waals surface area (Å²) in [5.74, 6) is 11.2. The van der Waals surface area contributed by atoms with Crippen LogP contribution in [0.2, 0.25) is 0 Å². The molecule has 0 aliphatic carbocycles. The Hall–Kier alpha value is -3.54. The highest BCUT2D eigenvalue weighted by molar-refractivity contribution is 8.00. The highest BCUT2D eigenvalue weighted by atomic mass is 32.2. The van der Waals surface area contributed by atoms with Crippen molar-refractivity contribution in [3.63, 3.8) is 0 Å². The Bertz CT molecular complexity index is 1150. The SMILES string of the molecule is Cc1c(-c2cccc(-c3ccccc3)c2)c(C#N)c(SC/C(=N/N)NN)[nH]c1=O. The Morgan fingerprint density at radius 3 is 2.52 bits per heavy atom. The molecule has 0 amide bonds. The van der Waals surface area contributed by atoms with Crippen LogP contribution in [0.4, 0.5) is 0 Å². The van der Waals surface area contributed by atoms with Crippen molar-refractivity contribution < 1.29 is 0 Å². The average Bonchev–Trinajstić information content (AvgIpc) is 2.77. The first-order valence-electron chi connectivity index (χ1n) is 8.78. The normalized spacial score (nSPS) is 11.1. The predicted molar refractivity (Wildman–Crippen MR) is 117 cm³/mol. The number of nitrogens with zero attached hydrogens (tertiary/aromatic N) is 2. The molecule has 1 aromatic heterocycles. The van der Waals surface area contributed by atoms with Gasteiger partial charge in [0.25, 0.3) is 5.56 Å². The number of nitrogens with two attached hydrogens (primary N) is 2. The maximum atomic E-state index is 12.6. The van der Waals surface area contributed by atoms with Crippen LogP contribution in [-0.4, -0.2) is 16.6 Å². The number of hydrazine groups is 1. The minimum atomic E-state index is -0.251. The van der Waals surface area contributed by atoms with Crippen molar-refractivity contribution in [2.45, 2.75) is 11.9 Å². The molecule has 0 radical (unpaired) electrons. The zero-order chi connectivity index (χ0) is 20.8. The Morgan fingerprint density at radius 1 is 1.17 bits per heavy atom. The van der Waals surface area contributed by atoms with Crippen LogP contribution in [0.1, 0.15) is 11.1 Å². The number of aromatic amines is 1. The molecule has 6 N–H and O–H groups in total. The number of thioether (sulfide) groups is 1. The summed E-state index contributed by atoms with van der Waals surface area (Å²) in [6.07, 6.45) is 0. The summed E-state index contributed by atoms with van der Waals surface area (Å²) in [5, 5.41) is 13.8. The Kier molecular flexibility index (Phi) is 6.34. The van der Waals surface area contributed by atoms with E-state index in [-0.39, 0.29) is 11.3 Å². The number of hydrogen-bond donors (Lipinski definition) is 4. The van der Waals surface area contributed by atoms with Crippen molar-refractivity contribution in [2.24, 2.45) is 16.8 Å². The summed E-state index contributed by atoms with van der Waals surface area (Å²) >= 11 is 1.23. The van der Waals surface area contributed by atoms with Gasteiger partial charge in [-0.1, -0.05) is 60.3 Å². The molecule has 0 spiro atoms. The smallest absolute Gasteiger partial charge is 0.252 e. The third-order valence-corrected chi connectivity index (χ3v) is 5.48. The number of pyridine rings is 1. The van der Waals surface area contributed by atoms with E-state index in [1.54, 1.807) is 6.92 Å². The Morgan fingerprint density at radius 2 is 1.86 bits per heavy atom. The Balaban J connectivity index is 2.12. The van der Waals surface area contributed by atoms with Crippen LogP contribution < -0.4 is 22.7 Å². The van der Waals surface area contributed by atoms with E-state index < -0.39 is 0 Å². The van der Waals surface area contributed by atoms with E-state index >= 15 is 0 Å². The summed E-state index contributed by atoms with van der Waals surface area (Å²) in [6, 6.07) is 20.0. The van der Waals surface area contributed by atoms with Crippen LogP contribution in [0.5, 0.6) is 0 Å². The maximum Gasteiger partial charge on any atom is 0.252 e. The van der Waals surface area contributed by atoms with Crippen molar-refractivity contribution in [3.8, 4) is 28.3 Å². The van der Waals surface area contributed by atoms with E-state index in [2.05, 4.69) is 21.6 Å². The minimum Gasteiger partial charge on any atom is -0.322 e. The standard InChI is InChI=1S/C21H20N6OS/c1-13-19(16-9-5-8-15(10-16)14-6-3-2-4-7-14)17(11-22)21(25-20(13)28)29-12-18(26-23)27-24/h2-10H,12,23-24H2,1H3,(H,25,28)(H,26,27). The van der Waals surface area contributed by atoms with E-state index in [1.807, 2.05) is 54.6 Å². The topological polar surface area (TPSA) is 133 Å². The van der Waals surface area contributed by atoms with Crippen LogP contribution in [0, 0.1) is 18.3 Å². The average molecular weight is 404 g/mol. The van der Waals surface area contributed by atoms with E-state index in [0.717, 1.165) is 16.7 Å². The minimum absolute atomic E-state index is 0.251. The predicted octanol–water partition coefficient (Wildman–Crippen LogP) is 2.72. The fourth-order valence-electron chi connectivity index (χ4n) is 2.99. The van der Waals surface area contributed by atoms with Gasteiger partial charge in [0.2, 0.25) is 0 Å². The highest BCUT2D eigenvalue weighted by Gasteiger charge is 2.18. The third-order valence-electron chi connectivity index (χ3n) is 4.47. The van der Waals surface area contributed by atoms with Crippen molar-refractivity contribution in [3.05, 3.63) is 76.1 Å². The zero-order valence-corrected chi connectivity index (χ0v) is 16.6. The van der Waals surface area contributed by atoms with E-state index in [9.17, 15) is 10.1 Å². The van der Waals surface area contributed by atoms with Gasteiger partial charge < -0.3 is 16.3 Å². The summed E-state index contributed by atoms with van der Waals surface area (Å²) in [5.41, 5.74) is 6.50. The summed E-state index contributed by atoms with van der Waals surface area (Å²) < 4.78 is 0. The van der Waals surface area contributed by atoms with Gasteiger partial charge in [0.15, 0.2) is 0 Å². The third kappa shape index (κ3) is 4.32. The largest absolute Gasteiger partial charge is 0.322 e. The molecule has 8 heteroatoms. The first-order valence-corrected chi connectivity index (χ1v) is 9.76. The van der Waals surface area contributed by atoms with E-state index in [0.29, 0.717) is 27.6 Å². The summed E-state index contributed by atoms with van der Waals surface area (Å²) in [7, 11) is 0. The summed E-state index contributed by atoms with van der Waals surface area (Å²) in [6.45, 7) is 1.72. The number of benzene rings is 2. The van der Waals surface area contributed by atoms with E-state index in [4.69, 9.17) is 11.7 Å². The molecular formula is C21H20N6OS. The number of amidine groups is 1. The lowest BCUT2D eigenvalue weighted by Crippen LogP contribution is -2.33. The molecule has 2 aromatic carbocycles. The molecule has 7 nitrogen and oxygen atoms in total. The van der Waals surface area contributed by atoms with Gasteiger partial charge in [-0.3, -0.25) is 4.79 Å². The number of hydrazone groups is 1. The quantitative estimate of drug-likeness (QED) is 0.170. The molecule has 0 unspecified atom stereocenters. The van der Waals surface area contributed by atoms with Gasteiger partial charge in [0, 0.05) is 11.1 Å². The van der Waals surface area contributed by atoms with Crippen LogP contribution in [0.15, 0.2) is 69.5 Å². The molecule has 0 bridgehead atoms. The lowest BCUT2D eigenvalue weighted by atomic mass is 9.94. The van der Waals surface area contributed by atoms with Gasteiger partial charge in [0.05, 0.1) is 16.3 Å². The molecule has 3 aromatic rings. The lowest BCUT2D eigenvalue weighted by Gasteiger charge is -2.13. The van der Waals surface area contributed by atoms with Crippen molar-refractivity contribution >= 4 is 17.6 Å². The second-order valence-electron chi connectivity index (χ2n) is 6.23. The van der Waals surface area contributed by atoms with Crippen LogP contribution in [0.25, 0.3) is 22.3 Å². The molecule has 0 saturated heterocycles. The maximum absolute atomic E-state index is 12.6. The van der Waals surface area contributed by atoms with Crippen LogP contribution in [0.3, 0.4) is 0 Å². The zero-order valence-electron chi connectivity index (χ0n) is 15.8. The van der Waals surface area contributed by atoms with Crippen LogP contribution in [-0.2, 0) is 0 Å². The van der Waals surface area contributed by atoms with Gasteiger partial charge in [-0.2, -0.15) is 10.4 Å². The molecule has 0 aliphatic rings. The number of H-pyrrole nitrogens is 1. The fraction of sp³-hybridized carbons (Fsp3) is 0.0952. The van der Waals surface area contributed by atoms with Crippen molar-refractivity contribution in [2.75, 3.05) is 5.75 Å². The highest BCUT2D eigenvalue weighted by Crippen LogP contribution is 2.33. The molecule has 0 aliphatic heterocycles. The lowest BCUT2D eigenvalue weighted by molar-refractivity contribution is 0.995. The number of hydrogen-bond acceptors (Lipinski definition) is 6. The van der Waals surface area contributed by atoms with Crippen molar-refractivity contribution in [1.82, 2.24) is 10.4 Å². The molecular weight excluding hydrogens is 384 g/mol. The van der Waals surface area contributed by atoms with Gasteiger partial charge in [0.1, 0.15) is 11.9 Å². The molecule has 146 valence electrons. The second kappa shape index (κ2) is 9.10. The number of nitriles is 1. The van der Waals surface area contributed by atoms with Gasteiger partial charge in [-0.15, -0.1) is 0 Å². The molecule has 0 atom stereocenters. The Labute approximate surface area is 172 Å². The molecule has 3 rings (SSSR count). The number of aromatic nitrogens is 1. The van der Waals surface area contributed by atoms with Crippen LogP contribution >= 0.6 is 11.8 Å². The van der Waals surface area contributed by atoms with Crippen molar-refractivity contribution in [1.29, 1.82) is 5.26 Å². The fourth-order valence-corrected chi connectivity index (χ4v) is 3.89. The number of rotatable bonds is 5. The second-order valence-corrected chi connectivity index (χ2v) is 7.21.